The van der Waals surface area contributed by atoms with Gasteiger partial charge in [0.2, 0.25) is 5.96 Å². The number of hydrogen-bond donors (Lipinski definition) is 3. The summed E-state index contributed by atoms with van der Waals surface area (Å²) in [6.07, 6.45) is 0.795. The molecule has 0 saturated heterocycles. The molecule has 96 valence electrons. The Morgan fingerprint density at radius 1 is 1.17 bits per heavy atom. The molecule has 0 radical (unpaired) electrons. The third kappa shape index (κ3) is 3.35. The molecule has 0 aliphatic rings. The maximum atomic E-state index is 8.50. The van der Waals surface area contributed by atoms with Crippen LogP contribution in [0.15, 0.2) is 47.5 Å². The van der Waals surface area contributed by atoms with Crippen molar-refractivity contribution in [2.45, 2.75) is 6.42 Å². The minimum Gasteiger partial charge on any atom is -0.368 e. The van der Waals surface area contributed by atoms with E-state index < -0.39 is 0 Å². The summed E-state index contributed by atoms with van der Waals surface area (Å²) in [5.41, 5.74) is 8.39. The smallest absolute Gasteiger partial charge is 0.212 e. The Morgan fingerprint density at radius 3 is 2.67 bits per heavy atom. The number of aliphatic imine (C=N–C) groups is 1. The highest BCUT2D eigenvalue weighted by molar-refractivity contribution is 5.86. The highest BCUT2D eigenvalue weighted by Crippen LogP contribution is 2.18. The predicted molar refractivity (Wildman–Crippen MR) is 76.3 cm³/mol. The summed E-state index contributed by atoms with van der Waals surface area (Å²) in [7, 11) is 0. The monoisotopic (exact) mass is 265 g/mol. The Labute approximate surface area is 112 Å². The molecule has 0 saturated carbocycles. The second-order valence-electron chi connectivity index (χ2n) is 3.77. The van der Waals surface area contributed by atoms with Crippen LogP contribution in [0.25, 0.3) is 10.8 Å². The van der Waals surface area contributed by atoms with E-state index in [9.17, 15) is 0 Å². The van der Waals surface area contributed by atoms with Crippen molar-refractivity contribution in [3.8, 4) is 0 Å². The van der Waals surface area contributed by atoms with Gasteiger partial charge in [-0.15, -0.1) is 12.4 Å². The van der Waals surface area contributed by atoms with Crippen molar-refractivity contribution in [2.24, 2.45) is 10.7 Å². The van der Waals surface area contributed by atoms with E-state index in [4.69, 9.17) is 10.9 Å². The molecule has 0 aromatic heterocycles. The highest BCUT2D eigenvalue weighted by atomic mass is 35.5. The fraction of sp³-hybridized carbons (Fsp3) is 0.154. The first-order valence-electron chi connectivity index (χ1n) is 5.48. The number of hydrogen-bond acceptors (Lipinski definition) is 2. The summed E-state index contributed by atoms with van der Waals surface area (Å²) in [5, 5.41) is 11.0. The van der Waals surface area contributed by atoms with E-state index in [0.29, 0.717) is 6.54 Å². The van der Waals surface area contributed by atoms with Crippen LogP contribution in [0.1, 0.15) is 5.56 Å². The van der Waals surface area contributed by atoms with Gasteiger partial charge in [-0.25, -0.2) is 5.48 Å². The first kappa shape index (κ1) is 14.3. The van der Waals surface area contributed by atoms with E-state index in [1.165, 1.54) is 16.3 Å². The van der Waals surface area contributed by atoms with E-state index in [0.717, 1.165) is 6.42 Å². The molecule has 0 unspecified atom stereocenters. The number of nitrogens with one attached hydrogen (secondary N) is 1. The molecule has 4 nitrogen and oxygen atoms in total. The maximum Gasteiger partial charge on any atom is 0.212 e. The molecule has 0 amide bonds. The summed E-state index contributed by atoms with van der Waals surface area (Å²) in [5.74, 6) is 0.0465. The zero-order valence-corrected chi connectivity index (χ0v) is 10.7. The summed E-state index contributed by atoms with van der Waals surface area (Å²) >= 11 is 0. The van der Waals surface area contributed by atoms with Gasteiger partial charge >= 0.3 is 0 Å². The average Bonchev–Trinajstić information content (AvgIpc) is 2.39. The van der Waals surface area contributed by atoms with Gasteiger partial charge in [-0.2, -0.15) is 0 Å². The van der Waals surface area contributed by atoms with Crippen LogP contribution in [0, 0.1) is 0 Å². The van der Waals surface area contributed by atoms with Crippen LogP contribution >= 0.6 is 12.4 Å². The molecule has 2 aromatic carbocycles. The number of halogens is 1. The fourth-order valence-corrected chi connectivity index (χ4v) is 1.84. The quantitative estimate of drug-likeness (QED) is 0.452. The van der Waals surface area contributed by atoms with Crippen molar-refractivity contribution >= 4 is 29.1 Å². The minimum atomic E-state index is 0. The molecule has 0 fully saturated rings. The lowest BCUT2D eigenvalue weighted by molar-refractivity contribution is 0.232. The Bertz CT molecular complexity index is 537. The Balaban J connectivity index is 0.00000162. The van der Waals surface area contributed by atoms with Crippen LogP contribution in [-0.4, -0.2) is 17.7 Å². The summed E-state index contributed by atoms with van der Waals surface area (Å²) in [6, 6.07) is 14.5. The van der Waals surface area contributed by atoms with Crippen molar-refractivity contribution in [3.05, 3.63) is 48.0 Å². The van der Waals surface area contributed by atoms with Crippen molar-refractivity contribution in [1.82, 2.24) is 5.48 Å². The Kier molecular flexibility index (Phi) is 5.42. The zero-order valence-electron chi connectivity index (χ0n) is 9.84. The standard InChI is InChI=1S/C13H15N3O.ClH/c14-13(16-17)15-9-8-11-6-3-5-10-4-1-2-7-12(10)11;/h1-7,17H,8-9H2,(H3,14,15,16);1H. The van der Waals surface area contributed by atoms with E-state index >= 15 is 0 Å². The molecule has 4 N–H and O–H groups in total. The fourth-order valence-electron chi connectivity index (χ4n) is 1.84. The third-order valence-corrected chi connectivity index (χ3v) is 2.66. The number of nitrogens with two attached hydrogens (primary N) is 1. The van der Waals surface area contributed by atoms with Gasteiger partial charge in [-0.1, -0.05) is 42.5 Å². The lowest BCUT2D eigenvalue weighted by Crippen LogP contribution is -2.28. The van der Waals surface area contributed by atoms with E-state index in [1.807, 2.05) is 23.7 Å². The minimum absolute atomic E-state index is 0. The Hall–Kier alpha value is -1.78. The molecule has 2 rings (SSSR count). The molecular formula is C13H16ClN3O. The molecule has 2 aromatic rings. The molecule has 0 spiro atoms. The number of guanidine groups is 1. The van der Waals surface area contributed by atoms with Gasteiger partial charge in [0.05, 0.1) is 0 Å². The van der Waals surface area contributed by atoms with Gasteiger partial charge in [0.1, 0.15) is 0 Å². The van der Waals surface area contributed by atoms with Crippen LogP contribution in [0.3, 0.4) is 0 Å². The molecular weight excluding hydrogens is 250 g/mol. The lowest BCUT2D eigenvalue weighted by atomic mass is 10.0. The van der Waals surface area contributed by atoms with E-state index in [1.54, 1.807) is 0 Å². The topological polar surface area (TPSA) is 70.6 Å². The van der Waals surface area contributed by atoms with Gasteiger partial charge in [-0.05, 0) is 22.8 Å². The third-order valence-electron chi connectivity index (χ3n) is 2.66. The molecule has 0 heterocycles. The first-order chi connectivity index (χ1) is 8.31. The number of nitrogens with zero attached hydrogens (tertiary/aromatic N) is 1. The van der Waals surface area contributed by atoms with Gasteiger partial charge < -0.3 is 5.73 Å². The lowest BCUT2D eigenvalue weighted by Gasteiger charge is -2.05. The first-order valence-corrected chi connectivity index (χ1v) is 5.48. The second-order valence-corrected chi connectivity index (χ2v) is 3.77. The van der Waals surface area contributed by atoms with Gasteiger partial charge in [-0.3, -0.25) is 10.2 Å². The van der Waals surface area contributed by atoms with E-state index in [2.05, 4.69) is 29.3 Å². The van der Waals surface area contributed by atoms with Gasteiger partial charge in [0.25, 0.3) is 0 Å². The van der Waals surface area contributed by atoms with Crippen molar-refractivity contribution < 1.29 is 5.21 Å². The predicted octanol–water partition coefficient (Wildman–Crippen LogP) is 2.10. The molecule has 0 bridgehead atoms. The normalized spacial score (nSPS) is 11.1. The van der Waals surface area contributed by atoms with Crippen LogP contribution in [0.2, 0.25) is 0 Å². The molecule has 0 aliphatic heterocycles. The molecule has 5 heteroatoms. The van der Waals surface area contributed by atoms with Crippen molar-refractivity contribution in [2.75, 3.05) is 6.54 Å². The SMILES string of the molecule is Cl.NC(=NCCc1cccc2ccccc12)NO. The zero-order chi connectivity index (χ0) is 12.1. The van der Waals surface area contributed by atoms with Crippen LogP contribution in [-0.2, 0) is 6.42 Å². The van der Waals surface area contributed by atoms with Crippen molar-refractivity contribution in [3.63, 3.8) is 0 Å². The summed E-state index contributed by atoms with van der Waals surface area (Å²) in [4.78, 5) is 3.98. The van der Waals surface area contributed by atoms with Gasteiger partial charge in [0, 0.05) is 6.54 Å². The second kappa shape index (κ2) is 6.83. The van der Waals surface area contributed by atoms with Crippen LogP contribution in [0.5, 0.6) is 0 Å². The van der Waals surface area contributed by atoms with Crippen LogP contribution < -0.4 is 11.2 Å². The van der Waals surface area contributed by atoms with Crippen molar-refractivity contribution in [1.29, 1.82) is 0 Å². The van der Waals surface area contributed by atoms with Crippen LogP contribution in [0.4, 0.5) is 0 Å². The number of benzene rings is 2. The highest BCUT2D eigenvalue weighted by Gasteiger charge is 1.99. The molecule has 0 aliphatic carbocycles. The maximum absolute atomic E-state index is 8.50. The summed E-state index contributed by atoms with van der Waals surface area (Å²) < 4.78 is 0. The Morgan fingerprint density at radius 2 is 1.89 bits per heavy atom. The number of fused-ring (bicyclic) bond motifs is 1. The summed E-state index contributed by atoms with van der Waals surface area (Å²) in [6.45, 7) is 0.549. The van der Waals surface area contributed by atoms with Gasteiger partial charge in [0.15, 0.2) is 0 Å². The number of hydroxylamine groups is 1. The average molecular weight is 266 g/mol. The molecule has 0 atom stereocenters. The largest absolute Gasteiger partial charge is 0.368 e. The number of rotatable bonds is 3. The van der Waals surface area contributed by atoms with E-state index in [-0.39, 0.29) is 18.4 Å². The molecule has 18 heavy (non-hydrogen) atoms.